The molecule has 5 N–H and O–H groups in total. The fourth-order valence-electron chi connectivity index (χ4n) is 8.13. The van der Waals surface area contributed by atoms with E-state index in [2.05, 4.69) is 30.4 Å². The number of aliphatic hydroxyl groups excluding tert-OH is 2. The summed E-state index contributed by atoms with van der Waals surface area (Å²) in [6.45, 7) is 2.99. The standard InChI is InChI=1S/C24H25N5O4.C21H19N5O2/c30-14-18(31)15-33-19-5-3-4-16(12-19)20-7-8-21-23(26-20)29(17-9-11-28(21)13-17)24(32)27-22-6-1-2-10-25-22;27-16-5-3-4-14(12-16)17-7-8-18-20(23-17)26(15-9-11-25(18)13-15)21(28)24-19-6-1-2-10-22-19/h1-8,10,12,17-18,30-31H,9,11,13-15H2,(H,25,27,32);1-8,10,12,15,27H,9,11,13H2,(H,22,24,28)/t17-,18-;15-/m00/s1. The number of pyridine rings is 4. The SMILES string of the molecule is O=C(Nc1ccccn1)N1c2nc(-c3cccc(O)c3)ccc2N2CC[C@H]1C2.O=C(Nc1ccccn1)N1c2nc(-c3cccc(OC[C@@H](O)CO)c3)ccc2N2CC[C@H]1C2. The van der Waals surface area contributed by atoms with Gasteiger partial charge in [-0.3, -0.25) is 20.4 Å². The largest absolute Gasteiger partial charge is 0.508 e. The Balaban J connectivity index is 0.000000158. The molecule has 2 aromatic carbocycles. The van der Waals surface area contributed by atoms with Gasteiger partial charge < -0.3 is 29.9 Å². The van der Waals surface area contributed by atoms with Gasteiger partial charge in [0, 0.05) is 49.7 Å². The fraction of sp³-hybridized carbons (Fsp3) is 0.244. The smallest absolute Gasteiger partial charge is 0.329 e. The zero-order chi connectivity index (χ0) is 41.9. The normalized spacial score (nSPS) is 17.4. The number of fused-ring (bicyclic) bond motifs is 8. The van der Waals surface area contributed by atoms with Crippen molar-refractivity contribution in [3.63, 3.8) is 0 Å². The first-order chi connectivity index (χ1) is 29.8. The van der Waals surface area contributed by atoms with E-state index in [0.29, 0.717) is 40.4 Å². The molecule has 0 unspecified atom stereocenters. The van der Waals surface area contributed by atoms with Crippen molar-refractivity contribution >= 4 is 46.7 Å². The summed E-state index contributed by atoms with van der Waals surface area (Å²) in [7, 11) is 0. The third-order valence-electron chi connectivity index (χ3n) is 11.1. The van der Waals surface area contributed by atoms with Crippen LogP contribution in [0.15, 0.2) is 122 Å². The predicted molar refractivity (Wildman–Crippen MR) is 232 cm³/mol. The van der Waals surface area contributed by atoms with Crippen LogP contribution >= 0.6 is 0 Å². The second kappa shape index (κ2) is 17.1. The van der Waals surface area contributed by atoms with E-state index >= 15 is 0 Å². The maximum absolute atomic E-state index is 13.2. The third kappa shape index (κ3) is 8.31. The lowest BCUT2D eigenvalue weighted by Gasteiger charge is -2.35. The van der Waals surface area contributed by atoms with Crippen molar-refractivity contribution in [2.45, 2.75) is 31.0 Å². The summed E-state index contributed by atoms with van der Waals surface area (Å²) in [5.74, 6) is 3.02. The molecular formula is C45H44N10O6. The summed E-state index contributed by atoms with van der Waals surface area (Å²) in [4.78, 5) is 52.4. The number of anilines is 6. The van der Waals surface area contributed by atoms with Crippen LogP contribution in [0.5, 0.6) is 11.5 Å². The lowest BCUT2D eigenvalue weighted by Crippen LogP contribution is -2.48. The number of rotatable bonds is 8. The lowest BCUT2D eigenvalue weighted by atomic mass is 10.1. The molecule has 4 aromatic heterocycles. The van der Waals surface area contributed by atoms with Crippen LogP contribution in [0.3, 0.4) is 0 Å². The van der Waals surface area contributed by atoms with E-state index in [0.717, 1.165) is 61.5 Å². The monoisotopic (exact) mass is 820 g/mol. The summed E-state index contributed by atoms with van der Waals surface area (Å²) >= 11 is 0. The van der Waals surface area contributed by atoms with Crippen LogP contribution in [0.4, 0.5) is 44.2 Å². The number of nitrogens with one attached hydrogen (secondary N) is 2. The van der Waals surface area contributed by atoms with Crippen molar-refractivity contribution in [1.29, 1.82) is 0 Å². The molecule has 4 aliphatic heterocycles. The summed E-state index contributed by atoms with van der Waals surface area (Å²) < 4.78 is 5.58. The Morgan fingerprint density at radius 2 is 1.23 bits per heavy atom. The molecule has 2 saturated heterocycles. The van der Waals surface area contributed by atoms with Gasteiger partial charge in [0.15, 0.2) is 11.6 Å². The molecule has 16 nitrogen and oxygen atoms in total. The van der Waals surface area contributed by atoms with E-state index in [4.69, 9.17) is 19.8 Å². The maximum Gasteiger partial charge on any atom is 0.329 e. The number of benzene rings is 2. The van der Waals surface area contributed by atoms with Gasteiger partial charge in [-0.15, -0.1) is 0 Å². The van der Waals surface area contributed by atoms with Gasteiger partial charge in [0.05, 0.1) is 41.5 Å². The molecule has 10 rings (SSSR count). The van der Waals surface area contributed by atoms with Crippen molar-refractivity contribution in [3.8, 4) is 34.0 Å². The van der Waals surface area contributed by atoms with Gasteiger partial charge in [-0.05, 0) is 85.6 Å². The first-order valence-corrected chi connectivity index (χ1v) is 20.2. The zero-order valence-corrected chi connectivity index (χ0v) is 33.1. The molecule has 61 heavy (non-hydrogen) atoms. The van der Waals surface area contributed by atoms with Gasteiger partial charge >= 0.3 is 12.1 Å². The Morgan fingerprint density at radius 3 is 1.74 bits per heavy atom. The van der Waals surface area contributed by atoms with Crippen LogP contribution in [0, 0.1) is 0 Å². The van der Waals surface area contributed by atoms with Gasteiger partial charge in [0.25, 0.3) is 0 Å². The third-order valence-corrected chi connectivity index (χ3v) is 11.1. The molecule has 0 radical (unpaired) electrons. The summed E-state index contributed by atoms with van der Waals surface area (Å²) in [6.07, 6.45) is 4.12. The predicted octanol–water partition coefficient (Wildman–Crippen LogP) is 5.99. The lowest BCUT2D eigenvalue weighted by molar-refractivity contribution is 0.0536. The second-order valence-corrected chi connectivity index (χ2v) is 15.1. The molecule has 8 heterocycles. The number of ether oxygens (including phenoxy) is 1. The molecule has 2 fully saturated rings. The minimum atomic E-state index is -0.939. The average Bonchev–Trinajstić information content (AvgIpc) is 3.91. The van der Waals surface area contributed by atoms with E-state index in [1.807, 2.05) is 66.7 Å². The maximum atomic E-state index is 13.2. The Kier molecular flexibility index (Phi) is 11.0. The van der Waals surface area contributed by atoms with Crippen LogP contribution in [0.2, 0.25) is 0 Å². The van der Waals surface area contributed by atoms with Crippen LogP contribution in [-0.4, -0.2) is 105 Å². The van der Waals surface area contributed by atoms with E-state index in [9.17, 15) is 19.8 Å². The number of hydrogen-bond acceptors (Lipinski definition) is 12. The number of phenolic OH excluding ortho intramolecular Hbond substituents is 1. The summed E-state index contributed by atoms with van der Waals surface area (Å²) in [5.41, 5.74) is 4.94. The Bertz CT molecular complexity index is 2530. The minimum Gasteiger partial charge on any atom is -0.508 e. The first kappa shape index (κ1) is 39.2. The van der Waals surface area contributed by atoms with Gasteiger partial charge in [-0.25, -0.2) is 29.5 Å². The van der Waals surface area contributed by atoms with Crippen molar-refractivity contribution in [1.82, 2.24) is 19.9 Å². The summed E-state index contributed by atoms with van der Waals surface area (Å²) in [6, 6.07) is 32.7. The van der Waals surface area contributed by atoms with Crippen molar-refractivity contribution in [2.75, 3.05) is 69.6 Å². The number of aromatic hydroxyl groups is 1. The molecular weight excluding hydrogens is 777 g/mol. The highest BCUT2D eigenvalue weighted by molar-refractivity contribution is 6.05. The van der Waals surface area contributed by atoms with Crippen LogP contribution in [0.1, 0.15) is 12.8 Å². The molecule has 4 bridgehead atoms. The van der Waals surface area contributed by atoms with Gasteiger partial charge in [0.1, 0.15) is 35.8 Å². The molecule has 4 aliphatic rings. The van der Waals surface area contributed by atoms with Crippen molar-refractivity contribution < 1.29 is 29.6 Å². The molecule has 0 saturated carbocycles. The highest BCUT2D eigenvalue weighted by Crippen LogP contribution is 2.42. The quantitative estimate of drug-likeness (QED) is 0.121. The number of amides is 4. The Hall–Kier alpha value is -7.30. The number of nitrogens with zero attached hydrogens (tertiary/aromatic N) is 8. The topological polar surface area (TPSA) is 193 Å². The molecule has 6 aromatic rings. The summed E-state index contributed by atoms with van der Waals surface area (Å²) in [5, 5.41) is 34.1. The number of aliphatic hydroxyl groups is 2. The molecule has 310 valence electrons. The zero-order valence-electron chi connectivity index (χ0n) is 33.1. The average molecular weight is 821 g/mol. The van der Waals surface area contributed by atoms with E-state index in [-0.39, 0.29) is 43.1 Å². The Morgan fingerprint density at radius 1 is 0.689 bits per heavy atom. The highest BCUT2D eigenvalue weighted by atomic mass is 16.5. The van der Waals surface area contributed by atoms with Gasteiger partial charge in [-0.2, -0.15) is 0 Å². The number of hydrogen-bond donors (Lipinski definition) is 5. The van der Waals surface area contributed by atoms with Gasteiger partial charge in [0.2, 0.25) is 0 Å². The molecule has 4 amide bonds. The second-order valence-electron chi connectivity index (χ2n) is 15.1. The molecule has 0 spiro atoms. The first-order valence-electron chi connectivity index (χ1n) is 20.2. The highest BCUT2D eigenvalue weighted by Gasteiger charge is 2.42. The van der Waals surface area contributed by atoms with Crippen LogP contribution < -0.4 is 35.0 Å². The number of aromatic nitrogens is 4. The number of urea groups is 2. The van der Waals surface area contributed by atoms with Crippen molar-refractivity contribution in [2.24, 2.45) is 0 Å². The van der Waals surface area contributed by atoms with E-state index in [1.165, 1.54) is 0 Å². The Labute approximate surface area is 351 Å². The van der Waals surface area contributed by atoms with E-state index < -0.39 is 6.10 Å². The van der Waals surface area contributed by atoms with Crippen LogP contribution in [0.25, 0.3) is 22.5 Å². The minimum absolute atomic E-state index is 0.00429. The number of phenols is 1. The number of carbonyl (C=O) groups is 2. The number of carbonyl (C=O) groups excluding carboxylic acids is 2. The molecule has 3 atom stereocenters. The molecule has 16 heteroatoms. The fourth-order valence-corrected chi connectivity index (χ4v) is 8.13. The van der Waals surface area contributed by atoms with Crippen LogP contribution in [-0.2, 0) is 0 Å². The van der Waals surface area contributed by atoms with Crippen molar-refractivity contribution in [3.05, 3.63) is 122 Å². The molecule has 0 aliphatic carbocycles. The van der Waals surface area contributed by atoms with E-state index in [1.54, 1.807) is 64.7 Å². The van der Waals surface area contributed by atoms with Gasteiger partial charge in [-0.1, -0.05) is 36.4 Å².